The van der Waals surface area contributed by atoms with E-state index in [0.717, 1.165) is 22.6 Å². The first-order chi connectivity index (χ1) is 10.8. The Balaban J connectivity index is 2.05. The monoisotopic (exact) mass is 300 g/mol. The Morgan fingerprint density at radius 2 is 1.45 bits per heavy atom. The molecular formula is C18H20O4. The summed E-state index contributed by atoms with van der Waals surface area (Å²) in [5.41, 5.74) is 2.07. The van der Waals surface area contributed by atoms with Crippen molar-refractivity contribution in [1.82, 2.24) is 0 Å². The molecule has 0 N–H and O–H groups in total. The highest BCUT2D eigenvalue weighted by atomic mass is 16.7. The van der Waals surface area contributed by atoms with E-state index in [4.69, 9.17) is 18.9 Å². The van der Waals surface area contributed by atoms with Gasteiger partial charge in [-0.25, -0.2) is 0 Å². The molecule has 2 rings (SSSR count). The molecular weight excluding hydrogens is 280 g/mol. The van der Waals surface area contributed by atoms with E-state index in [-0.39, 0.29) is 13.6 Å². The van der Waals surface area contributed by atoms with Crippen LogP contribution in [0, 0.1) is 0 Å². The molecule has 2 aromatic rings. The Bertz CT molecular complexity index is 590. The molecule has 0 aliphatic rings. The zero-order valence-electron chi connectivity index (χ0n) is 12.8. The predicted molar refractivity (Wildman–Crippen MR) is 86.8 cm³/mol. The molecule has 0 aliphatic carbocycles. The van der Waals surface area contributed by atoms with Crippen molar-refractivity contribution in [3.8, 4) is 11.5 Å². The molecule has 2 aromatic carbocycles. The Kier molecular flexibility index (Phi) is 6.48. The maximum absolute atomic E-state index is 5.53. The fourth-order valence-electron chi connectivity index (χ4n) is 1.86. The summed E-state index contributed by atoms with van der Waals surface area (Å²) in [7, 11) is 3.20. The molecule has 0 heterocycles. The fourth-order valence-corrected chi connectivity index (χ4v) is 1.86. The van der Waals surface area contributed by atoms with Gasteiger partial charge in [-0.1, -0.05) is 42.5 Å². The molecule has 0 aliphatic heterocycles. The lowest BCUT2D eigenvalue weighted by atomic mass is 10.1. The summed E-state index contributed by atoms with van der Waals surface area (Å²) in [6.07, 6.45) is 4.03. The zero-order valence-corrected chi connectivity index (χ0v) is 12.8. The Labute approximate surface area is 130 Å². The highest BCUT2D eigenvalue weighted by Crippen LogP contribution is 2.21. The number of para-hydroxylation sites is 1. The minimum absolute atomic E-state index is 0.233. The van der Waals surface area contributed by atoms with E-state index in [1.54, 1.807) is 14.2 Å². The van der Waals surface area contributed by atoms with Crippen molar-refractivity contribution >= 4 is 12.2 Å². The van der Waals surface area contributed by atoms with E-state index in [1.165, 1.54) is 0 Å². The average molecular weight is 300 g/mol. The smallest absolute Gasteiger partial charge is 0.188 e. The van der Waals surface area contributed by atoms with Gasteiger partial charge in [0, 0.05) is 19.8 Å². The maximum Gasteiger partial charge on any atom is 0.188 e. The lowest BCUT2D eigenvalue weighted by Crippen LogP contribution is -1.99. The quantitative estimate of drug-likeness (QED) is 0.548. The Morgan fingerprint density at radius 3 is 2.18 bits per heavy atom. The molecule has 116 valence electrons. The lowest BCUT2D eigenvalue weighted by molar-refractivity contribution is 0.0508. The summed E-state index contributed by atoms with van der Waals surface area (Å²) < 4.78 is 20.7. The topological polar surface area (TPSA) is 36.9 Å². The SMILES string of the molecule is COCOc1ccc(/C=C/c2ccccc2OCOC)cc1. The molecule has 0 saturated carbocycles. The maximum atomic E-state index is 5.53. The van der Waals surface area contributed by atoms with Crippen LogP contribution in [0.25, 0.3) is 12.2 Å². The second-order valence-corrected chi connectivity index (χ2v) is 4.54. The molecule has 0 amide bonds. The van der Waals surface area contributed by atoms with Crippen LogP contribution in [-0.4, -0.2) is 27.8 Å². The van der Waals surface area contributed by atoms with Gasteiger partial charge in [0.05, 0.1) is 0 Å². The van der Waals surface area contributed by atoms with Gasteiger partial charge in [-0.15, -0.1) is 0 Å². The number of ether oxygens (including phenoxy) is 4. The molecule has 4 nitrogen and oxygen atoms in total. The molecule has 0 radical (unpaired) electrons. The third-order valence-electron chi connectivity index (χ3n) is 2.93. The van der Waals surface area contributed by atoms with Crippen molar-refractivity contribution in [3.63, 3.8) is 0 Å². The second-order valence-electron chi connectivity index (χ2n) is 4.54. The van der Waals surface area contributed by atoms with Gasteiger partial charge in [-0.05, 0) is 23.8 Å². The van der Waals surface area contributed by atoms with Gasteiger partial charge in [-0.3, -0.25) is 0 Å². The summed E-state index contributed by atoms with van der Waals surface area (Å²) >= 11 is 0. The van der Waals surface area contributed by atoms with Crippen molar-refractivity contribution in [3.05, 3.63) is 59.7 Å². The first kappa shape index (κ1) is 16.1. The highest BCUT2D eigenvalue weighted by molar-refractivity contribution is 5.72. The lowest BCUT2D eigenvalue weighted by Gasteiger charge is -2.07. The summed E-state index contributed by atoms with van der Waals surface area (Å²) in [5, 5.41) is 0. The van der Waals surface area contributed by atoms with Gasteiger partial charge >= 0.3 is 0 Å². The van der Waals surface area contributed by atoms with Crippen LogP contribution in [0.4, 0.5) is 0 Å². The largest absolute Gasteiger partial charge is 0.468 e. The number of rotatable bonds is 8. The minimum Gasteiger partial charge on any atom is -0.468 e. The van der Waals surface area contributed by atoms with Crippen molar-refractivity contribution in [2.45, 2.75) is 0 Å². The van der Waals surface area contributed by atoms with Crippen LogP contribution < -0.4 is 9.47 Å². The summed E-state index contributed by atoms with van der Waals surface area (Å²) in [6, 6.07) is 15.6. The molecule has 0 aromatic heterocycles. The Hall–Kier alpha value is -2.30. The molecule has 0 atom stereocenters. The van der Waals surface area contributed by atoms with E-state index in [2.05, 4.69) is 0 Å². The fraction of sp³-hybridized carbons (Fsp3) is 0.222. The molecule has 22 heavy (non-hydrogen) atoms. The van der Waals surface area contributed by atoms with Gasteiger partial charge in [-0.2, -0.15) is 0 Å². The standard InChI is InChI=1S/C18H20O4/c1-19-13-21-17-11-8-15(9-12-17)7-10-16-5-3-4-6-18(16)22-14-20-2/h3-12H,13-14H2,1-2H3/b10-7+. The summed E-state index contributed by atoms with van der Waals surface area (Å²) in [6.45, 7) is 0.482. The van der Waals surface area contributed by atoms with Crippen molar-refractivity contribution < 1.29 is 18.9 Å². The van der Waals surface area contributed by atoms with E-state index < -0.39 is 0 Å². The predicted octanol–water partition coefficient (Wildman–Crippen LogP) is 3.82. The number of hydrogen-bond donors (Lipinski definition) is 0. The molecule has 0 unspecified atom stereocenters. The first-order valence-corrected chi connectivity index (χ1v) is 6.94. The third-order valence-corrected chi connectivity index (χ3v) is 2.93. The van der Waals surface area contributed by atoms with Crippen LogP contribution in [-0.2, 0) is 9.47 Å². The molecule has 0 fully saturated rings. The highest BCUT2D eigenvalue weighted by Gasteiger charge is 1.99. The van der Waals surface area contributed by atoms with Crippen LogP contribution in [0.1, 0.15) is 11.1 Å². The van der Waals surface area contributed by atoms with Crippen LogP contribution in [0.15, 0.2) is 48.5 Å². The molecule has 0 spiro atoms. The molecule has 4 heteroatoms. The van der Waals surface area contributed by atoms with E-state index in [9.17, 15) is 0 Å². The number of benzene rings is 2. The van der Waals surface area contributed by atoms with Crippen molar-refractivity contribution in [2.24, 2.45) is 0 Å². The van der Waals surface area contributed by atoms with Gasteiger partial charge in [0.25, 0.3) is 0 Å². The van der Waals surface area contributed by atoms with Crippen molar-refractivity contribution in [2.75, 3.05) is 27.8 Å². The summed E-state index contributed by atoms with van der Waals surface area (Å²) in [4.78, 5) is 0. The summed E-state index contributed by atoms with van der Waals surface area (Å²) in [5.74, 6) is 1.57. The van der Waals surface area contributed by atoms with Gasteiger partial charge in [0.1, 0.15) is 11.5 Å². The average Bonchev–Trinajstić information content (AvgIpc) is 2.58. The second kappa shape index (κ2) is 8.87. The van der Waals surface area contributed by atoms with Crippen LogP contribution in [0.3, 0.4) is 0 Å². The van der Waals surface area contributed by atoms with E-state index in [1.807, 2.05) is 60.7 Å². The van der Waals surface area contributed by atoms with Crippen molar-refractivity contribution in [1.29, 1.82) is 0 Å². The van der Waals surface area contributed by atoms with Gasteiger partial charge in [0.2, 0.25) is 0 Å². The van der Waals surface area contributed by atoms with Gasteiger partial charge < -0.3 is 18.9 Å². The van der Waals surface area contributed by atoms with Crippen LogP contribution in [0.2, 0.25) is 0 Å². The first-order valence-electron chi connectivity index (χ1n) is 6.94. The molecule has 0 bridgehead atoms. The minimum atomic E-state index is 0.233. The number of hydrogen-bond acceptors (Lipinski definition) is 4. The third kappa shape index (κ3) is 4.91. The van der Waals surface area contributed by atoms with E-state index in [0.29, 0.717) is 0 Å². The zero-order chi connectivity index (χ0) is 15.6. The van der Waals surface area contributed by atoms with E-state index >= 15 is 0 Å². The van der Waals surface area contributed by atoms with Crippen LogP contribution in [0.5, 0.6) is 11.5 Å². The molecule has 0 saturated heterocycles. The number of methoxy groups -OCH3 is 2. The normalized spacial score (nSPS) is 10.8. The van der Waals surface area contributed by atoms with Gasteiger partial charge in [0.15, 0.2) is 13.6 Å². The van der Waals surface area contributed by atoms with Crippen LogP contribution >= 0.6 is 0 Å². The Morgan fingerprint density at radius 1 is 0.773 bits per heavy atom.